The molecule has 0 spiro atoms. The van der Waals surface area contributed by atoms with Gasteiger partial charge in [0.05, 0.1) is 22.3 Å². The van der Waals surface area contributed by atoms with Gasteiger partial charge in [0.15, 0.2) is 0 Å². The Hall–Kier alpha value is -7.12. The number of imide groups is 4. The molecule has 0 aromatic heterocycles. The molecular weight excluding hydrogens is 763 g/mol. The zero-order valence-electron chi connectivity index (χ0n) is 32.9. The van der Waals surface area contributed by atoms with Crippen molar-refractivity contribution in [3.63, 3.8) is 0 Å². The number of rotatable bonds is 12. The van der Waals surface area contributed by atoms with E-state index in [9.17, 15) is 38.4 Å². The maximum Gasteiger partial charge on any atom is 0.262 e. The second-order valence-electron chi connectivity index (χ2n) is 15.1. The van der Waals surface area contributed by atoms with Gasteiger partial charge in [-0.15, -0.1) is 0 Å². The van der Waals surface area contributed by atoms with E-state index in [-0.39, 0.29) is 74.2 Å². The highest BCUT2D eigenvalue weighted by molar-refractivity contribution is 6.50. The summed E-state index contributed by atoms with van der Waals surface area (Å²) < 4.78 is 0. The summed E-state index contributed by atoms with van der Waals surface area (Å²) in [7, 11) is 1.71. The van der Waals surface area contributed by atoms with Crippen LogP contribution in [-0.4, -0.2) is 117 Å². The fraction of sp³-hybridized carbons (Fsp3) is 0.234. The van der Waals surface area contributed by atoms with E-state index in [2.05, 4.69) is 0 Å². The van der Waals surface area contributed by atoms with E-state index in [1.807, 2.05) is 0 Å². The Morgan fingerprint density at radius 3 is 0.967 bits per heavy atom. The van der Waals surface area contributed by atoms with Gasteiger partial charge in [0.1, 0.15) is 12.1 Å². The fourth-order valence-electron chi connectivity index (χ4n) is 8.40. The van der Waals surface area contributed by atoms with Crippen molar-refractivity contribution in [2.75, 3.05) is 33.2 Å². The summed E-state index contributed by atoms with van der Waals surface area (Å²) in [4.78, 5) is 116. The van der Waals surface area contributed by atoms with Gasteiger partial charge in [0.25, 0.3) is 35.4 Å². The molecule has 0 saturated carbocycles. The van der Waals surface area contributed by atoms with Gasteiger partial charge in [0.2, 0.25) is 11.8 Å². The Morgan fingerprint density at radius 1 is 0.433 bits per heavy atom. The molecule has 8 rings (SSSR count). The molecule has 0 bridgehead atoms. The lowest BCUT2D eigenvalue weighted by atomic mass is 9.96. The van der Waals surface area contributed by atoms with Crippen LogP contribution in [0.2, 0.25) is 0 Å². The SMILES string of the molecule is CN(CCN1C(=O)CCC(N2C(=O)C(c3ccccc3)=C(c3ccccc3)C2=O)C1=O)CCN1C(=O)CCC(N2C(=O)C(c3ccccc3)=C(c3ccccc3)C2=O)C1=O. The largest absolute Gasteiger partial charge is 0.303 e. The van der Waals surface area contributed by atoms with Crippen LogP contribution in [0.15, 0.2) is 121 Å². The average molecular weight is 804 g/mol. The fourth-order valence-corrected chi connectivity index (χ4v) is 8.40. The van der Waals surface area contributed by atoms with Gasteiger partial charge in [-0.05, 0) is 42.1 Å². The monoisotopic (exact) mass is 803 g/mol. The Morgan fingerprint density at radius 2 is 0.700 bits per heavy atom. The van der Waals surface area contributed by atoms with Crippen LogP contribution < -0.4 is 0 Å². The molecule has 302 valence electrons. The summed E-state index contributed by atoms with van der Waals surface area (Å²) in [6, 6.07) is 32.8. The first-order chi connectivity index (χ1) is 29.1. The van der Waals surface area contributed by atoms with Crippen LogP contribution in [-0.2, 0) is 38.4 Å². The molecule has 0 radical (unpaired) electrons. The number of nitrogens with zero attached hydrogens (tertiary/aromatic N) is 5. The van der Waals surface area contributed by atoms with E-state index in [4.69, 9.17) is 0 Å². The van der Waals surface area contributed by atoms with Crippen LogP contribution in [0.1, 0.15) is 47.9 Å². The summed E-state index contributed by atoms with van der Waals surface area (Å²) in [5, 5.41) is 0. The predicted molar refractivity (Wildman–Crippen MR) is 220 cm³/mol. The molecule has 2 saturated heterocycles. The van der Waals surface area contributed by atoms with Crippen molar-refractivity contribution in [2.45, 2.75) is 37.8 Å². The Kier molecular flexibility index (Phi) is 11.0. The molecule has 2 atom stereocenters. The third-order valence-electron chi connectivity index (χ3n) is 11.5. The van der Waals surface area contributed by atoms with E-state index in [1.165, 1.54) is 0 Å². The number of benzene rings is 4. The van der Waals surface area contributed by atoms with Gasteiger partial charge in [-0.1, -0.05) is 121 Å². The molecular formula is C47H41N5O8. The molecule has 4 aromatic rings. The molecule has 2 fully saturated rings. The zero-order chi connectivity index (χ0) is 42.1. The summed E-state index contributed by atoms with van der Waals surface area (Å²) in [6.45, 7) is 0.177. The van der Waals surface area contributed by atoms with E-state index < -0.39 is 59.3 Å². The van der Waals surface area contributed by atoms with Crippen molar-refractivity contribution in [2.24, 2.45) is 0 Å². The van der Waals surface area contributed by atoms with Crippen LogP contribution in [0.4, 0.5) is 0 Å². The Labute approximate surface area is 346 Å². The molecule has 4 aliphatic heterocycles. The smallest absolute Gasteiger partial charge is 0.262 e. The molecule has 0 aliphatic carbocycles. The molecule has 13 nitrogen and oxygen atoms in total. The van der Waals surface area contributed by atoms with Gasteiger partial charge in [-0.3, -0.25) is 58.0 Å². The third-order valence-corrected chi connectivity index (χ3v) is 11.5. The standard InChI is InChI=1S/C47H41N5O8/c1-48(26-28-49-36(53)24-22-34(42(49)55)51-44(57)38(30-14-6-2-7-15-30)39(45(51)58)31-16-8-3-9-17-31)27-29-50-37(54)25-23-35(43(50)56)52-46(59)40(32-18-10-4-11-19-32)41(47(52)60)33-20-12-5-13-21-33/h2-21,34-35H,22-29H2,1H3. The highest BCUT2D eigenvalue weighted by Gasteiger charge is 2.50. The van der Waals surface area contributed by atoms with Crippen LogP contribution in [0.3, 0.4) is 0 Å². The highest BCUT2D eigenvalue weighted by Crippen LogP contribution is 2.40. The Bertz CT molecular complexity index is 2190. The minimum Gasteiger partial charge on any atom is -0.303 e. The van der Waals surface area contributed by atoms with Crippen molar-refractivity contribution in [1.82, 2.24) is 24.5 Å². The molecule has 4 aromatic carbocycles. The van der Waals surface area contributed by atoms with Crippen LogP contribution >= 0.6 is 0 Å². The quantitative estimate of drug-likeness (QED) is 0.194. The van der Waals surface area contributed by atoms with Gasteiger partial charge < -0.3 is 4.90 Å². The number of piperidine rings is 2. The summed E-state index contributed by atoms with van der Waals surface area (Å²) in [6.07, 6.45) is -0.138. The number of amides is 8. The topological polar surface area (TPSA) is 153 Å². The maximum absolute atomic E-state index is 14.1. The van der Waals surface area contributed by atoms with Gasteiger partial charge in [-0.2, -0.15) is 0 Å². The number of likely N-dealkylation sites (N-methyl/N-ethyl adjacent to an activating group) is 1. The first-order valence-corrected chi connectivity index (χ1v) is 19.9. The predicted octanol–water partition coefficient (Wildman–Crippen LogP) is 3.91. The van der Waals surface area contributed by atoms with Gasteiger partial charge in [0, 0.05) is 39.0 Å². The van der Waals surface area contributed by atoms with Gasteiger partial charge >= 0.3 is 0 Å². The second-order valence-corrected chi connectivity index (χ2v) is 15.1. The molecule has 2 unspecified atom stereocenters. The number of likely N-dealkylation sites (tertiary alicyclic amines) is 2. The average Bonchev–Trinajstić information content (AvgIpc) is 3.68. The maximum atomic E-state index is 14.1. The molecule has 60 heavy (non-hydrogen) atoms. The number of hydrogen-bond acceptors (Lipinski definition) is 9. The van der Waals surface area contributed by atoms with Crippen molar-refractivity contribution >= 4 is 69.5 Å². The van der Waals surface area contributed by atoms with Crippen molar-refractivity contribution in [3.8, 4) is 0 Å². The minimum absolute atomic E-state index is 0.0107. The van der Waals surface area contributed by atoms with Gasteiger partial charge in [-0.25, -0.2) is 0 Å². The first-order valence-electron chi connectivity index (χ1n) is 19.9. The lowest BCUT2D eigenvalue weighted by molar-refractivity contribution is -0.159. The van der Waals surface area contributed by atoms with E-state index in [1.54, 1.807) is 133 Å². The molecule has 4 heterocycles. The molecule has 13 heteroatoms. The summed E-state index contributed by atoms with van der Waals surface area (Å²) in [5.41, 5.74) is 2.91. The van der Waals surface area contributed by atoms with Crippen molar-refractivity contribution in [3.05, 3.63) is 144 Å². The lowest BCUT2D eigenvalue weighted by Gasteiger charge is -2.36. The van der Waals surface area contributed by atoms with Crippen molar-refractivity contribution in [1.29, 1.82) is 0 Å². The number of carbonyl (C=O) groups excluding carboxylic acids is 8. The summed E-state index contributed by atoms with van der Waals surface area (Å²) in [5.74, 6) is -4.63. The highest BCUT2D eigenvalue weighted by atomic mass is 16.2. The Balaban J connectivity index is 0.932. The lowest BCUT2D eigenvalue weighted by Crippen LogP contribution is -2.58. The number of hydrogen-bond donors (Lipinski definition) is 0. The van der Waals surface area contributed by atoms with E-state index in [0.717, 1.165) is 19.6 Å². The molecule has 0 N–H and O–H groups in total. The van der Waals surface area contributed by atoms with Crippen LogP contribution in [0.25, 0.3) is 22.3 Å². The van der Waals surface area contributed by atoms with Crippen LogP contribution in [0, 0.1) is 0 Å². The van der Waals surface area contributed by atoms with Crippen molar-refractivity contribution < 1.29 is 38.4 Å². The zero-order valence-corrected chi connectivity index (χ0v) is 32.9. The second kappa shape index (κ2) is 16.6. The normalized spacial score (nSPS) is 20.2. The first kappa shape index (κ1) is 39.7. The molecule has 4 aliphatic rings. The van der Waals surface area contributed by atoms with E-state index >= 15 is 0 Å². The van der Waals surface area contributed by atoms with E-state index in [0.29, 0.717) is 22.3 Å². The van der Waals surface area contributed by atoms with Crippen LogP contribution in [0.5, 0.6) is 0 Å². The minimum atomic E-state index is -1.19. The molecule has 8 amide bonds. The summed E-state index contributed by atoms with van der Waals surface area (Å²) >= 11 is 0. The third kappa shape index (κ3) is 7.17. The number of carbonyl (C=O) groups is 8.